The highest BCUT2D eigenvalue weighted by Crippen LogP contribution is 2.23. The summed E-state index contributed by atoms with van der Waals surface area (Å²) in [6.07, 6.45) is 2.07. The maximum Gasteiger partial charge on any atom is 0.319 e. The molecular weight excluding hydrogens is 268 g/mol. The first kappa shape index (κ1) is 12.8. The molecule has 20 heavy (non-hydrogen) atoms. The fourth-order valence-corrected chi connectivity index (χ4v) is 2.46. The Hall–Kier alpha value is -2.18. The number of aryl methyl sites for hydroxylation is 1. The molecule has 0 saturated heterocycles. The molecule has 3 heterocycles. The smallest absolute Gasteiger partial charge is 0.319 e. The van der Waals surface area contributed by atoms with Crippen molar-refractivity contribution in [2.24, 2.45) is 0 Å². The summed E-state index contributed by atoms with van der Waals surface area (Å²) in [5, 5.41) is 3.84. The van der Waals surface area contributed by atoms with Crippen molar-refractivity contribution >= 4 is 5.91 Å². The molecule has 0 spiro atoms. The van der Waals surface area contributed by atoms with Crippen molar-refractivity contribution in [3.8, 4) is 0 Å². The van der Waals surface area contributed by atoms with Gasteiger partial charge in [0, 0.05) is 24.2 Å². The number of halogens is 2. The number of hydrogen-bond acceptors (Lipinski definition) is 3. The van der Waals surface area contributed by atoms with Crippen molar-refractivity contribution in [2.45, 2.75) is 26.4 Å². The van der Waals surface area contributed by atoms with Crippen LogP contribution in [0.25, 0.3) is 0 Å². The van der Waals surface area contributed by atoms with E-state index in [2.05, 4.69) is 5.16 Å². The number of rotatable bonds is 2. The summed E-state index contributed by atoms with van der Waals surface area (Å²) >= 11 is 0. The molecule has 5 nitrogen and oxygen atoms in total. The van der Waals surface area contributed by atoms with Crippen LogP contribution in [0.4, 0.5) is 8.78 Å². The van der Waals surface area contributed by atoms with Crippen LogP contribution in [0.2, 0.25) is 0 Å². The predicted octanol–water partition coefficient (Wildman–Crippen LogP) is 2.38. The van der Waals surface area contributed by atoms with Gasteiger partial charge in [0.15, 0.2) is 0 Å². The molecule has 3 rings (SSSR count). The van der Waals surface area contributed by atoms with Crippen molar-refractivity contribution in [1.82, 2.24) is 14.6 Å². The Morgan fingerprint density at radius 1 is 1.45 bits per heavy atom. The molecule has 0 atom stereocenters. The number of alkyl halides is 2. The minimum Gasteiger partial charge on any atom is -0.364 e. The lowest BCUT2D eigenvalue weighted by Gasteiger charge is -2.26. The normalized spacial score (nSPS) is 14.7. The van der Waals surface area contributed by atoms with Crippen LogP contribution >= 0.6 is 0 Å². The second-order valence-electron chi connectivity index (χ2n) is 4.77. The lowest BCUT2D eigenvalue weighted by Crippen LogP contribution is -2.37. The van der Waals surface area contributed by atoms with E-state index in [9.17, 15) is 13.6 Å². The van der Waals surface area contributed by atoms with E-state index in [1.54, 1.807) is 6.92 Å². The van der Waals surface area contributed by atoms with Crippen LogP contribution in [0.5, 0.6) is 0 Å². The van der Waals surface area contributed by atoms with Gasteiger partial charge in [0.05, 0.1) is 12.2 Å². The Labute approximate surface area is 113 Å². The van der Waals surface area contributed by atoms with Crippen molar-refractivity contribution in [1.29, 1.82) is 0 Å². The van der Waals surface area contributed by atoms with Gasteiger partial charge in [-0.25, -0.2) is 0 Å². The molecule has 7 heteroatoms. The van der Waals surface area contributed by atoms with Crippen LogP contribution in [-0.2, 0) is 13.0 Å². The molecule has 0 N–H and O–H groups in total. The molecule has 1 aliphatic heterocycles. The summed E-state index contributed by atoms with van der Waals surface area (Å²) in [5.41, 5.74) is 2.04. The molecule has 0 aliphatic carbocycles. The van der Waals surface area contributed by atoms with E-state index in [0.717, 1.165) is 15.8 Å². The molecule has 1 aliphatic rings. The lowest BCUT2D eigenvalue weighted by molar-refractivity contribution is 0.0541. The fraction of sp³-hybridized carbons (Fsp3) is 0.385. The zero-order valence-electron chi connectivity index (χ0n) is 10.8. The van der Waals surface area contributed by atoms with E-state index in [0.29, 0.717) is 25.2 Å². The van der Waals surface area contributed by atoms with Crippen LogP contribution in [0.15, 0.2) is 22.9 Å². The number of aromatic nitrogens is 2. The maximum atomic E-state index is 13.0. The average Bonchev–Trinajstić information content (AvgIpc) is 3.02. The van der Waals surface area contributed by atoms with Gasteiger partial charge in [0.2, 0.25) is 0 Å². The number of nitrogens with zero attached hydrogens (tertiary/aromatic N) is 3. The Kier molecular flexibility index (Phi) is 3.04. The number of fused-ring (bicyclic) bond motifs is 1. The molecule has 0 aromatic carbocycles. The van der Waals surface area contributed by atoms with Crippen molar-refractivity contribution < 1.29 is 18.1 Å². The van der Waals surface area contributed by atoms with Crippen LogP contribution in [0.3, 0.4) is 0 Å². The third kappa shape index (κ3) is 1.99. The molecule has 0 bridgehead atoms. The van der Waals surface area contributed by atoms with E-state index in [4.69, 9.17) is 4.52 Å². The van der Waals surface area contributed by atoms with E-state index < -0.39 is 12.5 Å². The summed E-state index contributed by atoms with van der Waals surface area (Å²) < 4.78 is 31.6. The summed E-state index contributed by atoms with van der Waals surface area (Å²) in [7, 11) is 0. The minimum absolute atomic E-state index is 0.0115. The van der Waals surface area contributed by atoms with Crippen molar-refractivity contribution in [2.75, 3.05) is 6.54 Å². The minimum atomic E-state index is -2.72. The summed E-state index contributed by atoms with van der Waals surface area (Å²) in [4.78, 5) is 13.9. The molecule has 0 unspecified atom stereocenters. The molecule has 2 aromatic heterocycles. The first-order valence-corrected chi connectivity index (χ1v) is 6.25. The number of carbonyl (C=O) groups is 1. The van der Waals surface area contributed by atoms with Crippen LogP contribution in [0.1, 0.15) is 34.0 Å². The highest BCUT2D eigenvalue weighted by Gasteiger charge is 2.27. The molecule has 0 fully saturated rings. The zero-order valence-corrected chi connectivity index (χ0v) is 10.8. The predicted molar refractivity (Wildman–Crippen MR) is 65.4 cm³/mol. The topological polar surface area (TPSA) is 51.3 Å². The first-order valence-electron chi connectivity index (χ1n) is 6.25. The monoisotopic (exact) mass is 281 g/mol. The summed E-state index contributed by atoms with van der Waals surface area (Å²) in [5.74, 6) is -0.398. The standard InChI is InChI=1S/C13H13F2N3O2/c1-8-2-3-11(18(8)13(14)15)12(19)17-5-4-10-9(6-17)7-20-16-10/h2-3,7,13H,4-6H2,1H3. The highest BCUT2D eigenvalue weighted by atomic mass is 19.3. The second kappa shape index (κ2) is 4.73. The van der Waals surface area contributed by atoms with Gasteiger partial charge in [-0.1, -0.05) is 5.16 Å². The Morgan fingerprint density at radius 2 is 2.25 bits per heavy atom. The van der Waals surface area contributed by atoms with Gasteiger partial charge in [-0.3, -0.25) is 9.36 Å². The maximum absolute atomic E-state index is 13.0. The molecule has 0 radical (unpaired) electrons. The largest absolute Gasteiger partial charge is 0.364 e. The van der Waals surface area contributed by atoms with E-state index in [1.165, 1.54) is 23.3 Å². The fourth-order valence-electron chi connectivity index (χ4n) is 2.46. The number of hydrogen-bond donors (Lipinski definition) is 0. The zero-order chi connectivity index (χ0) is 14.3. The quantitative estimate of drug-likeness (QED) is 0.849. The number of amides is 1. The van der Waals surface area contributed by atoms with Gasteiger partial charge in [-0.05, 0) is 19.1 Å². The van der Waals surface area contributed by atoms with Crippen LogP contribution in [0, 0.1) is 6.92 Å². The van der Waals surface area contributed by atoms with Gasteiger partial charge in [0.25, 0.3) is 5.91 Å². The van der Waals surface area contributed by atoms with Crippen molar-refractivity contribution in [3.63, 3.8) is 0 Å². The highest BCUT2D eigenvalue weighted by molar-refractivity contribution is 5.93. The number of carbonyl (C=O) groups excluding carboxylic acids is 1. The van der Waals surface area contributed by atoms with Gasteiger partial charge in [-0.2, -0.15) is 8.78 Å². The Bertz CT molecular complexity index is 648. The molecule has 0 saturated carbocycles. The van der Waals surface area contributed by atoms with Gasteiger partial charge in [-0.15, -0.1) is 0 Å². The van der Waals surface area contributed by atoms with Gasteiger partial charge >= 0.3 is 6.55 Å². The molecule has 106 valence electrons. The van der Waals surface area contributed by atoms with Crippen LogP contribution in [-0.4, -0.2) is 27.1 Å². The molecular formula is C13H13F2N3O2. The van der Waals surface area contributed by atoms with E-state index >= 15 is 0 Å². The van der Waals surface area contributed by atoms with Gasteiger partial charge in [0.1, 0.15) is 12.0 Å². The third-order valence-electron chi connectivity index (χ3n) is 3.53. The van der Waals surface area contributed by atoms with Crippen LogP contribution < -0.4 is 0 Å². The lowest BCUT2D eigenvalue weighted by atomic mass is 10.1. The van der Waals surface area contributed by atoms with Crippen molar-refractivity contribution in [3.05, 3.63) is 41.0 Å². The average molecular weight is 281 g/mol. The first-order chi connectivity index (χ1) is 9.58. The summed E-state index contributed by atoms with van der Waals surface area (Å²) in [6, 6.07) is 2.96. The van der Waals surface area contributed by atoms with E-state index in [-0.39, 0.29) is 5.69 Å². The third-order valence-corrected chi connectivity index (χ3v) is 3.53. The van der Waals surface area contributed by atoms with Gasteiger partial charge < -0.3 is 9.42 Å². The molecule has 2 aromatic rings. The Balaban J connectivity index is 1.87. The molecule has 1 amide bonds. The SMILES string of the molecule is Cc1ccc(C(=O)N2CCc3nocc3C2)n1C(F)F. The van der Waals surface area contributed by atoms with E-state index in [1.807, 2.05) is 0 Å². The summed E-state index contributed by atoms with van der Waals surface area (Å²) in [6.45, 7) is -0.381. The second-order valence-corrected chi connectivity index (χ2v) is 4.77. The Morgan fingerprint density at radius 3 is 3.00 bits per heavy atom.